The number of aryl methyl sites for hydroxylation is 1. The predicted octanol–water partition coefficient (Wildman–Crippen LogP) is 1.19. The van der Waals surface area contributed by atoms with Crippen molar-refractivity contribution in [2.75, 3.05) is 32.7 Å². The van der Waals surface area contributed by atoms with Gasteiger partial charge in [0, 0.05) is 51.9 Å². The first kappa shape index (κ1) is 24.3. The van der Waals surface area contributed by atoms with Crippen LogP contribution in [0.25, 0.3) is 0 Å². The Morgan fingerprint density at radius 2 is 2.00 bits per heavy atom. The van der Waals surface area contributed by atoms with E-state index in [4.69, 9.17) is 0 Å². The molecule has 0 radical (unpaired) electrons. The van der Waals surface area contributed by atoms with Gasteiger partial charge in [-0.1, -0.05) is 12.2 Å². The maximum Gasteiger partial charge on any atom is 0.239 e. The number of likely N-dealkylation sites (tertiary alicyclic amines) is 2. The molecule has 9 nitrogen and oxygen atoms in total. The molecule has 1 spiro atoms. The zero-order chi connectivity index (χ0) is 24.1. The summed E-state index contributed by atoms with van der Waals surface area (Å²) in [7, 11) is 0. The molecule has 2 fully saturated rings. The lowest BCUT2D eigenvalue weighted by Gasteiger charge is -2.41. The van der Waals surface area contributed by atoms with Gasteiger partial charge in [0.15, 0.2) is 0 Å². The zero-order valence-corrected chi connectivity index (χ0v) is 20.3. The Morgan fingerprint density at radius 1 is 1.21 bits per heavy atom. The highest BCUT2D eigenvalue weighted by Crippen LogP contribution is 2.36. The molecular weight excluding hydrogens is 432 g/mol. The minimum Gasteiger partial charge on any atom is -0.351 e. The Balaban J connectivity index is 1.44. The average Bonchev–Trinajstić information content (AvgIpc) is 2.81. The lowest BCUT2D eigenvalue weighted by Crippen LogP contribution is -2.54. The summed E-state index contributed by atoms with van der Waals surface area (Å²) in [5.74, 6) is 0.899. The van der Waals surface area contributed by atoms with Crippen molar-refractivity contribution in [3.8, 4) is 0 Å². The second-order valence-corrected chi connectivity index (χ2v) is 9.93. The quantitative estimate of drug-likeness (QED) is 0.632. The third-order valence-corrected chi connectivity index (χ3v) is 7.55. The molecule has 0 aliphatic carbocycles. The molecule has 2 atom stereocenters. The number of rotatable bonds is 2. The van der Waals surface area contributed by atoms with E-state index in [0.717, 1.165) is 44.0 Å². The summed E-state index contributed by atoms with van der Waals surface area (Å²) in [6.07, 6.45) is 9.69. The van der Waals surface area contributed by atoms with Crippen molar-refractivity contribution in [3.05, 3.63) is 35.9 Å². The molecule has 3 aliphatic rings. The molecule has 2 saturated heterocycles. The molecule has 1 aromatic rings. The number of allylic oxidation sites excluding steroid dienone is 2. The van der Waals surface area contributed by atoms with Crippen molar-refractivity contribution in [2.24, 2.45) is 11.3 Å². The molecular formula is C25H36N6O3. The Kier molecular flexibility index (Phi) is 7.60. The van der Waals surface area contributed by atoms with Crippen LogP contribution in [0.5, 0.6) is 0 Å². The highest BCUT2D eigenvalue weighted by Gasteiger charge is 2.41. The number of carbonyl (C=O) groups excluding carboxylic acids is 3. The first-order chi connectivity index (χ1) is 16.3. The van der Waals surface area contributed by atoms with Crippen LogP contribution in [0.15, 0.2) is 24.4 Å². The molecule has 0 unspecified atom stereocenters. The van der Waals surface area contributed by atoms with Gasteiger partial charge in [-0.3, -0.25) is 19.3 Å². The van der Waals surface area contributed by atoms with Gasteiger partial charge in [-0.25, -0.2) is 9.97 Å². The lowest BCUT2D eigenvalue weighted by molar-refractivity contribution is -0.140. The van der Waals surface area contributed by atoms with E-state index in [1.165, 1.54) is 0 Å². The van der Waals surface area contributed by atoms with E-state index < -0.39 is 5.41 Å². The Bertz CT molecular complexity index is 940. The highest BCUT2D eigenvalue weighted by molar-refractivity contribution is 5.88. The van der Waals surface area contributed by atoms with E-state index in [1.807, 2.05) is 13.0 Å². The Hall–Kier alpha value is -2.81. The fourth-order valence-electron chi connectivity index (χ4n) is 5.46. The van der Waals surface area contributed by atoms with Crippen molar-refractivity contribution in [2.45, 2.75) is 58.5 Å². The molecule has 4 heterocycles. The first-order valence-electron chi connectivity index (χ1n) is 12.3. The number of carbonyl (C=O) groups is 3. The molecule has 1 aromatic heterocycles. The van der Waals surface area contributed by atoms with Crippen LogP contribution in [0.2, 0.25) is 0 Å². The molecule has 9 heteroatoms. The number of nitrogens with one attached hydrogen (secondary N) is 2. The minimum atomic E-state index is -0.565. The standard InChI is InChI=1S/C25H36N6O3/c1-18-26-11-6-21(28-18)17-30-12-7-22-20(16-30)5-3-4-8-25(24(34)27-15-23(33)29-22)9-13-31(14-10-25)19(2)32/h3-4,6,11,20,22H,5,7-10,12-17H2,1-2H3,(H,27,34)(H,29,33)/b4-3+/t20-,22+/m0/s1. The summed E-state index contributed by atoms with van der Waals surface area (Å²) in [6, 6.07) is 2.05. The van der Waals surface area contributed by atoms with E-state index >= 15 is 0 Å². The van der Waals surface area contributed by atoms with Crippen LogP contribution in [0, 0.1) is 18.3 Å². The van der Waals surface area contributed by atoms with Crippen LogP contribution in [0.3, 0.4) is 0 Å². The maximum atomic E-state index is 13.1. The number of fused-ring (bicyclic) bond motifs is 1. The Labute approximate surface area is 201 Å². The minimum absolute atomic E-state index is 0.00608. The SMILES string of the molecule is CC(=O)N1CCC2(C/C=C/C[C@H]3CN(Cc4ccnc(C)n4)CC[C@H]3NC(=O)CNC2=O)CC1. The number of hydrogen-bond acceptors (Lipinski definition) is 6. The van der Waals surface area contributed by atoms with Gasteiger partial charge in [-0.15, -0.1) is 0 Å². The molecule has 3 amide bonds. The molecule has 2 N–H and O–H groups in total. The van der Waals surface area contributed by atoms with Crippen LogP contribution >= 0.6 is 0 Å². The average molecular weight is 469 g/mol. The van der Waals surface area contributed by atoms with Gasteiger partial charge in [-0.05, 0) is 51.0 Å². The number of amides is 3. The van der Waals surface area contributed by atoms with Crippen molar-refractivity contribution >= 4 is 17.7 Å². The fourth-order valence-corrected chi connectivity index (χ4v) is 5.46. The van der Waals surface area contributed by atoms with Crippen LogP contribution in [-0.2, 0) is 20.9 Å². The van der Waals surface area contributed by atoms with Crippen molar-refractivity contribution < 1.29 is 14.4 Å². The van der Waals surface area contributed by atoms with Crippen LogP contribution < -0.4 is 10.6 Å². The van der Waals surface area contributed by atoms with Gasteiger partial charge < -0.3 is 15.5 Å². The van der Waals surface area contributed by atoms with Gasteiger partial charge in [-0.2, -0.15) is 0 Å². The van der Waals surface area contributed by atoms with Crippen molar-refractivity contribution in [1.29, 1.82) is 0 Å². The molecule has 34 heavy (non-hydrogen) atoms. The van der Waals surface area contributed by atoms with Gasteiger partial charge in [0.25, 0.3) is 0 Å². The topological polar surface area (TPSA) is 108 Å². The molecule has 0 saturated carbocycles. The van der Waals surface area contributed by atoms with E-state index in [0.29, 0.717) is 38.3 Å². The van der Waals surface area contributed by atoms with Crippen LogP contribution in [0.4, 0.5) is 0 Å². The summed E-state index contributed by atoms with van der Waals surface area (Å²) in [6.45, 7) is 7.15. The van der Waals surface area contributed by atoms with Gasteiger partial charge in [0.1, 0.15) is 5.82 Å². The van der Waals surface area contributed by atoms with Crippen molar-refractivity contribution in [1.82, 2.24) is 30.4 Å². The number of piperidine rings is 2. The zero-order valence-electron chi connectivity index (χ0n) is 20.3. The van der Waals surface area contributed by atoms with Gasteiger partial charge in [0.05, 0.1) is 17.7 Å². The smallest absolute Gasteiger partial charge is 0.239 e. The van der Waals surface area contributed by atoms with Gasteiger partial charge in [0.2, 0.25) is 17.7 Å². The second-order valence-electron chi connectivity index (χ2n) is 9.93. The summed E-state index contributed by atoms with van der Waals surface area (Å²) >= 11 is 0. The predicted molar refractivity (Wildman–Crippen MR) is 127 cm³/mol. The molecule has 3 aliphatic heterocycles. The monoisotopic (exact) mass is 468 g/mol. The van der Waals surface area contributed by atoms with Crippen LogP contribution in [-0.4, -0.2) is 76.3 Å². The highest BCUT2D eigenvalue weighted by atomic mass is 16.2. The normalized spacial score (nSPS) is 27.1. The molecule has 0 bridgehead atoms. The van der Waals surface area contributed by atoms with E-state index in [9.17, 15) is 14.4 Å². The molecule has 0 aromatic carbocycles. The van der Waals surface area contributed by atoms with E-state index in [1.54, 1.807) is 18.0 Å². The fraction of sp³-hybridized carbons (Fsp3) is 0.640. The molecule has 184 valence electrons. The summed E-state index contributed by atoms with van der Waals surface area (Å²) < 4.78 is 0. The maximum absolute atomic E-state index is 13.1. The lowest BCUT2D eigenvalue weighted by atomic mass is 9.74. The second kappa shape index (κ2) is 10.6. The number of hydrogen-bond donors (Lipinski definition) is 2. The molecule has 4 rings (SSSR count). The summed E-state index contributed by atoms with van der Waals surface area (Å²) in [4.78, 5) is 50.5. The first-order valence-corrected chi connectivity index (χ1v) is 12.3. The third-order valence-electron chi connectivity index (χ3n) is 7.55. The summed E-state index contributed by atoms with van der Waals surface area (Å²) in [5.41, 5.74) is 0.449. The number of nitrogens with zero attached hydrogens (tertiary/aromatic N) is 4. The van der Waals surface area contributed by atoms with Gasteiger partial charge >= 0.3 is 0 Å². The van der Waals surface area contributed by atoms with Crippen molar-refractivity contribution in [3.63, 3.8) is 0 Å². The largest absolute Gasteiger partial charge is 0.351 e. The van der Waals surface area contributed by atoms with E-state index in [2.05, 4.69) is 37.7 Å². The van der Waals surface area contributed by atoms with E-state index in [-0.39, 0.29) is 30.3 Å². The third kappa shape index (κ3) is 5.81. The summed E-state index contributed by atoms with van der Waals surface area (Å²) in [5, 5.41) is 6.06. The van der Waals surface area contributed by atoms with Crippen LogP contribution in [0.1, 0.15) is 50.5 Å². The number of aromatic nitrogens is 2. The Morgan fingerprint density at radius 3 is 2.74 bits per heavy atom.